The predicted molar refractivity (Wildman–Crippen MR) is 89.6 cm³/mol. The molecule has 1 N–H and O–H groups in total. The molecular weight excluding hydrogens is 329 g/mol. The number of aromatic nitrogens is 1. The van der Waals surface area contributed by atoms with Gasteiger partial charge in [0.1, 0.15) is 0 Å². The highest BCUT2D eigenvalue weighted by atomic mass is 35.5. The Balaban J connectivity index is 2.08. The third-order valence-electron chi connectivity index (χ3n) is 2.88. The maximum absolute atomic E-state index is 11.5. The second kappa shape index (κ2) is 7.11. The fraction of sp³-hybridized carbons (Fsp3) is 0.286. The summed E-state index contributed by atoms with van der Waals surface area (Å²) in [5, 5.41) is 6.92. The number of benzene rings is 1. The van der Waals surface area contributed by atoms with Gasteiger partial charge in [-0.2, -0.15) is 0 Å². The van der Waals surface area contributed by atoms with Crippen LogP contribution in [0.25, 0.3) is 0 Å². The summed E-state index contributed by atoms with van der Waals surface area (Å²) >= 11 is 13.6. The zero-order chi connectivity index (χ0) is 15.4. The number of amides is 1. The van der Waals surface area contributed by atoms with Gasteiger partial charge in [-0.15, -0.1) is 11.3 Å². The van der Waals surface area contributed by atoms with Crippen molar-refractivity contribution >= 4 is 51.3 Å². The zero-order valence-corrected chi connectivity index (χ0v) is 14.0. The number of carbonyl (C=O) groups is 1. The van der Waals surface area contributed by atoms with Crippen molar-refractivity contribution in [1.29, 1.82) is 0 Å². The van der Waals surface area contributed by atoms with E-state index >= 15 is 0 Å². The van der Waals surface area contributed by atoms with Crippen LogP contribution in [-0.4, -0.2) is 17.4 Å². The second-order valence-electron chi connectivity index (χ2n) is 4.33. The van der Waals surface area contributed by atoms with Crippen LogP contribution >= 0.6 is 34.5 Å². The van der Waals surface area contributed by atoms with Gasteiger partial charge in [0.05, 0.1) is 28.0 Å². The largest absolute Gasteiger partial charge is 0.377 e. The number of carbonyl (C=O) groups excluding carboxylic acids is 1. The molecule has 112 valence electrons. The Morgan fingerprint density at radius 1 is 1.38 bits per heavy atom. The first-order chi connectivity index (χ1) is 10.0. The predicted octanol–water partition coefficient (Wildman–Crippen LogP) is 4.43. The summed E-state index contributed by atoms with van der Waals surface area (Å²) in [7, 11) is 0. The van der Waals surface area contributed by atoms with Crippen molar-refractivity contribution in [1.82, 2.24) is 4.98 Å². The topological polar surface area (TPSA) is 45.2 Å². The van der Waals surface area contributed by atoms with Gasteiger partial charge in [0.15, 0.2) is 5.13 Å². The molecule has 2 aromatic rings. The van der Waals surface area contributed by atoms with Crippen LogP contribution in [0.5, 0.6) is 0 Å². The van der Waals surface area contributed by atoms with E-state index < -0.39 is 0 Å². The average molecular weight is 344 g/mol. The molecule has 1 amide bonds. The molecule has 1 aromatic carbocycles. The lowest BCUT2D eigenvalue weighted by Crippen LogP contribution is -2.27. The summed E-state index contributed by atoms with van der Waals surface area (Å²) in [4.78, 5) is 17.6. The molecule has 0 atom stereocenters. The van der Waals surface area contributed by atoms with E-state index in [1.807, 2.05) is 12.3 Å². The maximum atomic E-state index is 11.5. The molecule has 0 unspecified atom stereocenters. The molecule has 1 heterocycles. The summed E-state index contributed by atoms with van der Waals surface area (Å²) in [5.74, 6) is -0.0134. The van der Waals surface area contributed by atoms with Crippen LogP contribution in [0.4, 0.5) is 10.8 Å². The van der Waals surface area contributed by atoms with Crippen molar-refractivity contribution in [3.63, 3.8) is 0 Å². The second-order valence-corrected chi connectivity index (χ2v) is 5.99. The highest BCUT2D eigenvalue weighted by molar-refractivity contribution is 7.14. The Kier molecular flexibility index (Phi) is 5.45. The number of thiazole rings is 1. The molecule has 21 heavy (non-hydrogen) atoms. The minimum atomic E-state index is -0.0134. The number of hydrogen-bond acceptors (Lipinski definition) is 4. The first-order valence-corrected chi connectivity index (χ1v) is 8.07. The zero-order valence-electron chi connectivity index (χ0n) is 11.7. The van der Waals surface area contributed by atoms with Gasteiger partial charge in [-0.3, -0.25) is 9.69 Å². The van der Waals surface area contributed by atoms with Crippen LogP contribution in [0, 0.1) is 0 Å². The molecule has 0 saturated heterocycles. The molecule has 0 aliphatic rings. The van der Waals surface area contributed by atoms with Gasteiger partial charge in [0.25, 0.3) is 0 Å². The molecule has 1 aromatic heterocycles. The summed E-state index contributed by atoms with van der Waals surface area (Å²) in [6, 6.07) is 5.34. The van der Waals surface area contributed by atoms with E-state index in [1.165, 1.54) is 18.3 Å². The molecule has 0 aliphatic heterocycles. The molecule has 0 bridgehead atoms. The van der Waals surface area contributed by atoms with Gasteiger partial charge >= 0.3 is 0 Å². The monoisotopic (exact) mass is 343 g/mol. The van der Waals surface area contributed by atoms with Gasteiger partial charge < -0.3 is 5.32 Å². The quantitative estimate of drug-likeness (QED) is 0.872. The standard InChI is InChI=1S/C14H15Cl2N3OS/c1-3-19(9(2)20)14-18-10(8-21-14)7-17-13-11(15)5-4-6-12(13)16/h4-6,8,17H,3,7H2,1-2H3. The van der Waals surface area contributed by atoms with Crippen molar-refractivity contribution in [2.24, 2.45) is 0 Å². The van der Waals surface area contributed by atoms with E-state index in [-0.39, 0.29) is 5.91 Å². The number of para-hydroxylation sites is 1. The van der Waals surface area contributed by atoms with Gasteiger partial charge in [0.2, 0.25) is 5.91 Å². The minimum Gasteiger partial charge on any atom is -0.377 e. The highest BCUT2D eigenvalue weighted by Gasteiger charge is 2.13. The van der Waals surface area contributed by atoms with Crippen LogP contribution in [0.2, 0.25) is 10.0 Å². The molecule has 7 heteroatoms. The van der Waals surface area contributed by atoms with Crippen LogP contribution in [0.15, 0.2) is 23.6 Å². The number of nitrogens with zero attached hydrogens (tertiary/aromatic N) is 2. The Morgan fingerprint density at radius 3 is 2.62 bits per heavy atom. The molecule has 0 aliphatic carbocycles. The molecule has 0 radical (unpaired) electrons. The van der Waals surface area contributed by atoms with E-state index in [0.29, 0.717) is 34.0 Å². The number of hydrogen-bond donors (Lipinski definition) is 1. The third-order valence-corrected chi connectivity index (χ3v) is 4.42. The molecule has 0 fully saturated rings. The lowest BCUT2D eigenvalue weighted by molar-refractivity contribution is -0.116. The average Bonchev–Trinajstić information content (AvgIpc) is 2.87. The summed E-state index contributed by atoms with van der Waals surface area (Å²) in [5.41, 5.74) is 1.53. The van der Waals surface area contributed by atoms with Crippen molar-refractivity contribution in [2.75, 3.05) is 16.8 Å². The normalized spacial score (nSPS) is 10.5. The first kappa shape index (κ1) is 16.1. The van der Waals surface area contributed by atoms with Gasteiger partial charge in [-0.05, 0) is 19.1 Å². The van der Waals surface area contributed by atoms with Gasteiger partial charge in [0, 0.05) is 18.8 Å². The molecular formula is C14H15Cl2N3OS. The van der Waals surface area contributed by atoms with Crippen molar-refractivity contribution < 1.29 is 4.79 Å². The highest BCUT2D eigenvalue weighted by Crippen LogP contribution is 2.30. The molecule has 0 spiro atoms. The van der Waals surface area contributed by atoms with E-state index in [9.17, 15) is 4.79 Å². The minimum absolute atomic E-state index is 0.0134. The van der Waals surface area contributed by atoms with E-state index in [0.717, 1.165) is 5.69 Å². The summed E-state index contributed by atoms with van der Waals surface area (Å²) in [6.45, 7) is 4.55. The smallest absolute Gasteiger partial charge is 0.225 e. The van der Waals surface area contributed by atoms with Gasteiger partial charge in [-0.1, -0.05) is 29.3 Å². The number of nitrogens with one attached hydrogen (secondary N) is 1. The van der Waals surface area contributed by atoms with Crippen molar-refractivity contribution in [3.8, 4) is 0 Å². The van der Waals surface area contributed by atoms with E-state index in [2.05, 4.69) is 10.3 Å². The molecule has 0 saturated carbocycles. The van der Waals surface area contributed by atoms with Crippen LogP contribution < -0.4 is 10.2 Å². The van der Waals surface area contributed by atoms with Crippen molar-refractivity contribution in [2.45, 2.75) is 20.4 Å². The maximum Gasteiger partial charge on any atom is 0.225 e. The van der Waals surface area contributed by atoms with E-state index in [4.69, 9.17) is 23.2 Å². The lowest BCUT2D eigenvalue weighted by atomic mass is 10.3. The van der Waals surface area contributed by atoms with E-state index in [1.54, 1.807) is 23.1 Å². The Labute approximate surface area is 137 Å². The summed E-state index contributed by atoms with van der Waals surface area (Å²) in [6.07, 6.45) is 0. The Morgan fingerprint density at radius 2 is 2.05 bits per heavy atom. The van der Waals surface area contributed by atoms with Crippen LogP contribution in [0.3, 0.4) is 0 Å². The summed E-state index contributed by atoms with van der Waals surface area (Å²) < 4.78 is 0. The number of halogens is 2. The number of rotatable bonds is 5. The Hall–Kier alpha value is -1.30. The first-order valence-electron chi connectivity index (χ1n) is 6.43. The molecule has 2 rings (SSSR count). The van der Waals surface area contributed by atoms with Gasteiger partial charge in [-0.25, -0.2) is 4.98 Å². The fourth-order valence-corrected chi connectivity index (χ4v) is 3.30. The lowest BCUT2D eigenvalue weighted by Gasteiger charge is -2.14. The molecule has 4 nitrogen and oxygen atoms in total. The third kappa shape index (κ3) is 3.87. The fourth-order valence-electron chi connectivity index (χ4n) is 1.84. The van der Waals surface area contributed by atoms with Crippen LogP contribution in [-0.2, 0) is 11.3 Å². The number of anilines is 2. The van der Waals surface area contributed by atoms with Crippen molar-refractivity contribution in [3.05, 3.63) is 39.3 Å². The Bertz CT molecular complexity index is 625. The SMILES string of the molecule is CCN(C(C)=O)c1nc(CNc2c(Cl)cccc2Cl)cs1. The van der Waals surface area contributed by atoms with Crippen LogP contribution in [0.1, 0.15) is 19.5 Å².